The van der Waals surface area contributed by atoms with Crippen molar-refractivity contribution in [3.63, 3.8) is 0 Å². The Labute approximate surface area is 236 Å². The van der Waals surface area contributed by atoms with E-state index < -0.39 is 46.1 Å². The van der Waals surface area contributed by atoms with Crippen molar-refractivity contribution in [1.82, 2.24) is 0 Å². The van der Waals surface area contributed by atoms with Gasteiger partial charge in [0, 0.05) is 0 Å². The smallest absolute Gasteiger partial charge is 0.337 e. The van der Waals surface area contributed by atoms with Crippen molar-refractivity contribution in [1.29, 1.82) is 0 Å². The van der Waals surface area contributed by atoms with Gasteiger partial charge in [0.2, 0.25) is 5.91 Å². The van der Waals surface area contributed by atoms with E-state index in [1.807, 2.05) is 12.1 Å². The molecule has 0 aliphatic rings. The number of carboxylic acids is 3. The molecule has 1 amide bonds. The largest absolute Gasteiger partial charge is 0.478 e. The Hall–Kier alpha value is -3.68. The number of unbranched alkanes of at least 4 members (excludes halogenated alkanes) is 13. The van der Waals surface area contributed by atoms with Gasteiger partial charge in [-0.3, -0.25) is 4.79 Å². The molecule has 8 nitrogen and oxygen atoms in total. The molecule has 0 aliphatic carbocycles. The lowest BCUT2D eigenvalue weighted by Crippen LogP contribution is -2.24. The molecule has 0 spiro atoms. The van der Waals surface area contributed by atoms with Gasteiger partial charge in [-0.2, -0.15) is 0 Å². The first-order chi connectivity index (χ1) is 19.2. The molecular weight excluding hydrogens is 510 g/mol. The van der Waals surface area contributed by atoms with Crippen LogP contribution in [-0.2, 0) is 6.42 Å². The summed E-state index contributed by atoms with van der Waals surface area (Å²) in [4.78, 5) is 48.2. The lowest BCUT2D eigenvalue weighted by molar-refractivity contribution is 0.0631. The number of hydrogen-bond donors (Lipinski definition) is 4. The van der Waals surface area contributed by atoms with Crippen molar-refractivity contribution in [2.45, 2.75) is 103 Å². The van der Waals surface area contributed by atoms with Crippen LogP contribution in [0, 0.1) is 0 Å². The van der Waals surface area contributed by atoms with Gasteiger partial charge >= 0.3 is 17.9 Å². The van der Waals surface area contributed by atoms with Crippen molar-refractivity contribution in [2.75, 3.05) is 0 Å². The monoisotopic (exact) mass is 553 g/mol. The molecule has 0 saturated heterocycles. The molecule has 0 atom stereocenters. The van der Waals surface area contributed by atoms with Gasteiger partial charge in [0.1, 0.15) is 0 Å². The zero-order chi connectivity index (χ0) is 29.5. The molecule has 0 fully saturated rings. The summed E-state index contributed by atoms with van der Waals surface area (Å²) in [6, 6.07) is 8.06. The lowest BCUT2D eigenvalue weighted by Gasteiger charge is -2.17. The van der Waals surface area contributed by atoms with Crippen LogP contribution < -0.4 is 5.73 Å². The molecule has 5 N–H and O–H groups in total. The fraction of sp³-hybridized carbons (Fsp3) is 0.500. The van der Waals surface area contributed by atoms with Gasteiger partial charge in [-0.25, -0.2) is 14.4 Å². The highest BCUT2D eigenvalue weighted by Gasteiger charge is 2.32. The molecule has 40 heavy (non-hydrogen) atoms. The third-order valence-electron chi connectivity index (χ3n) is 7.34. The highest BCUT2D eigenvalue weighted by molar-refractivity contribution is 6.17. The van der Waals surface area contributed by atoms with E-state index in [2.05, 4.69) is 6.92 Å². The van der Waals surface area contributed by atoms with Gasteiger partial charge < -0.3 is 21.1 Å². The number of hydrogen-bond acceptors (Lipinski definition) is 4. The number of aryl methyl sites for hydroxylation is 1. The van der Waals surface area contributed by atoms with E-state index in [0.29, 0.717) is 12.0 Å². The first-order valence-corrected chi connectivity index (χ1v) is 14.5. The lowest BCUT2D eigenvalue weighted by atomic mass is 9.85. The topological polar surface area (TPSA) is 155 Å². The zero-order valence-electron chi connectivity index (χ0n) is 23.5. The van der Waals surface area contributed by atoms with E-state index in [0.717, 1.165) is 30.9 Å². The minimum atomic E-state index is -1.76. The normalized spacial score (nSPS) is 10.9. The van der Waals surface area contributed by atoms with Crippen molar-refractivity contribution in [3.05, 3.63) is 58.1 Å². The molecule has 0 aliphatic heterocycles. The number of rotatable bonds is 20. The third kappa shape index (κ3) is 9.50. The first-order valence-electron chi connectivity index (χ1n) is 14.5. The highest BCUT2D eigenvalue weighted by Crippen LogP contribution is 2.34. The van der Waals surface area contributed by atoms with Crippen LogP contribution in [0.2, 0.25) is 0 Å². The van der Waals surface area contributed by atoms with Crippen LogP contribution in [0.15, 0.2) is 30.3 Å². The van der Waals surface area contributed by atoms with Crippen molar-refractivity contribution in [2.24, 2.45) is 5.73 Å². The molecule has 0 radical (unpaired) electrons. The van der Waals surface area contributed by atoms with Crippen LogP contribution in [0.3, 0.4) is 0 Å². The summed E-state index contributed by atoms with van der Waals surface area (Å²) in [6.45, 7) is 2.24. The molecule has 0 unspecified atom stereocenters. The zero-order valence-corrected chi connectivity index (χ0v) is 23.5. The van der Waals surface area contributed by atoms with E-state index in [1.54, 1.807) is 12.1 Å². The predicted octanol–water partition coefficient (Wildman–Crippen LogP) is 7.57. The Balaban J connectivity index is 2.05. The van der Waals surface area contributed by atoms with Crippen LogP contribution in [0.4, 0.5) is 0 Å². The maximum absolute atomic E-state index is 12.4. The van der Waals surface area contributed by atoms with Gasteiger partial charge in [-0.15, -0.1) is 0 Å². The maximum Gasteiger partial charge on any atom is 0.337 e. The van der Waals surface area contributed by atoms with Crippen molar-refractivity contribution >= 4 is 23.8 Å². The summed E-state index contributed by atoms with van der Waals surface area (Å²) in [5, 5.41) is 29.0. The number of carboxylic acid groups (broad SMARTS) is 3. The van der Waals surface area contributed by atoms with E-state index >= 15 is 0 Å². The fourth-order valence-electron chi connectivity index (χ4n) is 5.27. The fourth-order valence-corrected chi connectivity index (χ4v) is 5.27. The number of nitrogens with two attached hydrogens (primary N) is 1. The Bertz CT molecular complexity index is 1170. The summed E-state index contributed by atoms with van der Waals surface area (Å²) < 4.78 is 0. The minimum absolute atomic E-state index is 0.00765. The summed E-state index contributed by atoms with van der Waals surface area (Å²) in [5.41, 5.74) is 3.69. The minimum Gasteiger partial charge on any atom is -0.478 e. The van der Waals surface area contributed by atoms with E-state index in [4.69, 9.17) is 5.73 Å². The average molecular weight is 554 g/mol. The SMILES string of the molecule is CCCCCCCCCCCCCCCCc1ccccc1-c1cc(C(=O)O)c(C(=O)O)c(C(=O)O)c1C(N)=O. The van der Waals surface area contributed by atoms with Crippen LogP contribution in [0.5, 0.6) is 0 Å². The van der Waals surface area contributed by atoms with E-state index in [-0.39, 0.29) is 5.56 Å². The van der Waals surface area contributed by atoms with Gasteiger partial charge in [-0.1, -0.05) is 115 Å². The summed E-state index contributed by atoms with van der Waals surface area (Å²) in [5.74, 6) is -6.25. The molecule has 2 rings (SSSR count). The Morgan fingerprint density at radius 1 is 0.600 bits per heavy atom. The first kappa shape index (κ1) is 32.5. The molecule has 218 valence electrons. The second kappa shape index (κ2) is 17.1. The van der Waals surface area contributed by atoms with Crippen molar-refractivity contribution < 1.29 is 34.5 Å². The van der Waals surface area contributed by atoms with Crippen LogP contribution in [0.25, 0.3) is 11.1 Å². The van der Waals surface area contributed by atoms with Gasteiger partial charge in [0.05, 0.1) is 22.3 Å². The second-order valence-electron chi connectivity index (χ2n) is 10.4. The summed E-state index contributed by atoms with van der Waals surface area (Å²) in [7, 11) is 0. The Morgan fingerprint density at radius 2 is 1.07 bits per heavy atom. The van der Waals surface area contributed by atoms with Crippen LogP contribution >= 0.6 is 0 Å². The van der Waals surface area contributed by atoms with Crippen LogP contribution in [-0.4, -0.2) is 39.1 Å². The number of carbonyl (C=O) groups is 4. The standard InChI is InChI=1S/C32H43NO7/c1-2-3-4-5-6-7-8-9-10-11-12-13-14-15-18-22-19-16-17-20-23(22)24-21-25(30(35)36)27(31(37)38)28(32(39)40)26(24)29(33)34/h16-17,19-21H,2-15,18H2,1H3,(H2,33,34)(H,35,36)(H,37,38)(H,39,40). The third-order valence-corrected chi connectivity index (χ3v) is 7.34. The predicted molar refractivity (Wildman–Crippen MR) is 155 cm³/mol. The number of benzene rings is 2. The maximum atomic E-state index is 12.4. The average Bonchev–Trinajstić information content (AvgIpc) is 2.91. The van der Waals surface area contributed by atoms with Gasteiger partial charge in [0.15, 0.2) is 0 Å². The molecule has 0 bridgehead atoms. The number of primary amides is 1. The molecular formula is C32H43NO7. The summed E-state index contributed by atoms with van der Waals surface area (Å²) in [6.07, 6.45) is 17.9. The van der Waals surface area contributed by atoms with Gasteiger partial charge in [0.25, 0.3) is 0 Å². The second-order valence-corrected chi connectivity index (χ2v) is 10.4. The van der Waals surface area contributed by atoms with Gasteiger partial charge in [-0.05, 0) is 35.6 Å². The summed E-state index contributed by atoms with van der Waals surface area (Å²) >= 11 is 0. The number of amides is 1. The number of carbonyl (C=O) groups excluding carboxylic acids is 1. The molecule has 0 saturated carbocycles. The van der Waals surface area contributed by atoms with Crippen molar-refractivity contribution in [3.8, 4) is 11.1 Å². The molecule has 2 aromatic rings. The molecule has 0 aromatic heterocycles. The quantitative estimate of drug-likeness (QED) is 0.123. The molecule has 8 heteroatoms. The molecule has 0 heterocycles. The number of aromatic carboxylic acids is 3. The Morgan fingerprint density at radius 3 is 1.52 bits per heavy atom. The van der Waals surface area contributed by atoms with E-state index in [1.165, 1.54) is 70.6 Å². The highest BCUT2D eigenvalue weighted by atomic mass is 16.4. The Kier molecular flexibility index (Phi) is 13.9. The van der Waals surface area contributed by atoms with E-state index in [9.17, 15) is 34.5 Å². The van der Waals surface area contributed by atoms with Crippen LogP contribution in [0.1, 0.15) is 144 Å². The molecule has 2 aromatic carbocycles.